The molecule has 0 amide bonds. The highest BCUT2D eigenvalue weighted by Crippen LogP contribution is 2.71. The zero-order chi connectivity index (χ0) is 22.6. The van der Waals surface area contributed by atoms with Crippen LogP contribution < -0.4 is 0 Å². The molecule has 0 radical (unpaired) electrons. The van der Waals surface area contributed by atoms with Crippen molar-refractivity contribution < 1.29 is 33.7 Å². The molecule has 1 heterocycles. The van der Waals surface area contributed by atoms with Gasteiger partial charge >= 0.3 is 0 Å². The summed E-state index contributed by atoms with van der Waals surface area (Å²) in [5.41, 5.74) is -2.13. The maximum atomic E-state index is 15.4. The van der Waals surface area contributed by atoms with Crippen molar-refractivity contribution in [2.24, 2.45) is 28.6 Å². The monoisotopic (exact) mass is 436 g/mol. The van der Waals surface area contributed by atoms with E-state index in [-0.39, 0.29) is 42.2 Å². The minimum Gasteiger partial charge on any atom is -0.393 e. The second-order valence-corrected chi connectivity index (χ2v) is 11.4. The summed E-state index contributed by atoms with van der Waals surface area (Å²) in [4.78, 5) is 25.2. The summed E-state index contributed by atoms with van der Waals surface area (Å²) in [5, 5.41) is 21.3. The van der Waals surface area contributed by atoms with Gasteiger partial charge in [-0.15, -0.1) is 0 Å². The zero-order valence-corrected chi connectivity index (χ0v) is 18.7. The Morgan fingerprint density at radius 3 is 2.65 bits per heavy atom. The van der Waals surface area contributed by atoms with Gasteiger partial charge in [0.25, 0.3) is 0 Å². The third-order valence-electron chi connectivity index (χ3n) is 9.47. The standard InChI is InChI=1S/C24H33FO6/c1-21(2)30-19-9-14-13-8-16(25)15-7-12(27)5-6-22(15,3)20(13)17(28)10-23(14,4)24(19,31-21)18(29)11-26/h13-14,17,19-20,26,28H,5-11H2,1-4H3. The van der Waals surface area contributed by atoms with Crippen molar-refractivity contribution >= 4 is 11.6 Å². The topological polar surface area (TPSA) is 93.1 Å². The minimum absolute atomic E-state index is 0.0585. The van der Waals surface area contributed by atoms with Gasteiger partial charge in [0.05, 0.1) is 12.2 Å². The number of hydrogen-bond donors (Lipinski definition) is 2. The van der Waals surface area contributed by atoms with Crippen LogP contribution in [0.15, 0.2) is 11.4 Å². The number of aliphatic hydroxyl groups is 2. The molecule has 0 bridgehead atoms. The van der Waals surface area contributed by atoms with Gasteiger partial charge in [0.1, 0.15) is 18.2 Å². The molecule has 0 spiro atoms. The Bertz CT molecular complexity index is 881. The molecule has 8 unspecified atom stereocenters. The largest absolute Gasteiger partial charge is 0.393 e. The molecule has 2 N–H and O–H groups in total. The van der Waals surface area contributed by atoms with Crippen LogP contribution in [0.3, 0.4) is 0 Å². The summed E-state index contributed by atoms with van der Waals surface area (Å²) in [6.07, 6.45) is 0.785. The van der Waals surface area contributed by atoms with Gasteiger partial charge in [-0.05, 0) is 61.9 Å². The smallest absolute Gasteiger partial charge is 0.193 e. The van der Waals surface area contributed by atoms with E-state index in [1.54, 1.807) is 13.8 Å². The predicted molar refractivity (Wildman–Crippen MR) is 108 cm³/mol. The van der Waals surface area contributed by atoms with Crippen LogP contribution in [0.2, 0.25) is 0 Å². The highest BCUT2D eigenvalue weighted by Gasteiger charge is 2.77. The summed E-state index contributed by atoms with van der Waals surface area (Å²) < 4.78 is 27.9. The Morgan fingerprint density at radius 1 is 1.26 bits per heavy atom. The van der Waals surface area contributed by atoms with E-state index in [9.17, 15) is 19.8 Å². The molecule has 31 heavy (non-hydrogen) atoms. The average Bonchev–Trinajstić information content (AvgIpc) is 3.08. The first kappa shape index (κ1) is 21.7. The molecule has 4 aliphatic carbocycles. The summed E-state index contributed by atoms with van der Waals surface area (Å²) in [7, 11) is 0. The number of hydrogen-bond acceptors (Lipinski definition) is 6. The molecule has 172 valence electrons. The Balaban J connectivity index is 1.61. The summed E-state index contributed by atoms with van der Waals surface area (Å²) in [5.74, 6) is -2.04. The van der Waals surface area contributed by atoms with Crippen LogP contribution in [-0.2, 0) is 19.1 Å². The maximum Gasteiger partial charge on any atom is 0.193 e. The SMILES string of the molecule is CC1(C)OC2CC3C4CC(F)=C5CC(=O)CCC5(C)C4C(O)CC3(C)C2(C(=O)CO)O1. The number of carbonyl (C=O) groups excluding carboxylic acids is 2. The van der Waals surface area contributed by atoms with E-state index < -0.39 is 46.8 Å². The molecule has 7 heteroatoms. The lowest BCUT2D eigenvalue weighted by molar-refractivity contribution is -0.226. The fourth-order valence-electron chi connectivity index (χ4n) is 8.39. The van der Waals surface area contributed by atoms with E-state index in [1.807, 2.05) is 13.8 Å². The van der Waals surface area contributed by atoms with E-state index in [2.05, 4.69) is 0 Å². The van der Waals surface area contributed by atoms with E-state index in [0.717, 1.165) is 0 Å². The first-order chi connectivity index (χ1) is 14.4. The lowest BCUT2D eigenvalue weighted by atomic mass is 9.45. The van der Waals surface area contributed by atoms with Crippen LogP contribution in [0.1, 0.15) is 66.2 Å². The normalized spacial score (nSPS) is 50.5. The van der Waals surface area contributed by atoms with E-state index in [0.29, 0.717) is 31.3 Å². The van der Waals surface area contributed by atoms with Gasteiger partial charge in [0, 0.05) is 24.7 Å². The van der Waals surface area contributed by atoms with Crippen molar-refractivity contribution in [3.63, 3.8) is 0 Å². The Hall–Kier alpha value is -1.15. The average molecular weight is 437 g/mol. The third-order valence-corrected chi connectivity index (χ3v) is 9.47. The van der Waals surface area contributed by atoms with Gasteiger partial charge in [-0.25, -0.2) is 4.39 Å². The van der Waals surface area contributed by atoms with E-state index in [4.69, 9.17) is 9.47 Å². The van der Waals surface area contributed by atoms with Crippen molar-refractivity contribution in [2.45, 2.75) is 89.8 Å². The number of allylic oxidation sites excluding steroid dienone is 2. The number of halogens is 1. The van der Waals surface area contributed by atoms with Crippen molar-refractivity contribution in [3.8, 4) is 0 Å². The zero-order valence-electron chi connectivity index (χ0n) is 18.7. The molecule has 8 atom stereocenters. The lowest BCUT2D eigenvalue weighted by Crippen LogP contribution is -2.64. The second kappa shape index (κ2) is 6.46. The van der Waals surface area contributed by atoms with Gasteiger partial charge < -0.3 is 19.7 Å². The number of carbonyl (C=O) groups is 2. The Kier molecular flexibility index (Phi) is 4.52. The third kappa shape index (κ3) is 2.58. The first-order valence-corrected chi connectivity index (χ1v) is 11.5. The fraction of sp³-hybridized carbons (Fsp3) is 0.833. The lowest BCUT2D eigenvalue weighted by Gasteiger charge is -2.60. The molecule has 1 aliphatic heterocycles. The second-order valence-electron chi connectivity index (χ2n) is 11.4. The van der Waals surface area contributed by atoms with Crippen LogP contribution >= 0.6 is 0 Å². The highest BCUT2D eigenvalue weighted by molar-refractivity contribution is 5.91. The highest BCUT2D eigenvalue weighted by atomic mass is 19.1. The van der Waals surface area contributed by atoms with Crippen molar-refractivity contribution in [2.75, 3.05) is 6.61 Å². The van der Waals surface area contributed by atoms with Crippen LogP contribution in [0, 0.1) is 28.6 Å². The maximum absolute atomic E-state index is 15.4. The first-order valence-electron chi connectivity index (χ1n) is 11.5. The summed E-state index contributed by atoms with van der Waals surface area (Å²) >= 11 is 0. The summed E-state index contributed by atoms with van der Waals surface area (Å²) in [6.45, 7) is 6.79. The van der Waals surface area contributed by atoms with Crippen LogP contribution in [0.5, 0.6) is 0 Å². The van der Waals surface area contributed by atoms with Crippen LogP contribution in [0.25, 0.3) is 0 Å². The molecule has 6 nitrogen and oxygen atoms in total. The number of rotatable bonds is 2. The van der Waals surface area contributed by atoms with E-state index in [1.165, 1.54) is 0 Å². The number of Topliss-reactive ketones (excluding diaryl/α,β-unsaturated/α-hetero) is 2. The number of ether oxygens (including phenoxy) is 2. The molecular weight excluding hydrogens is 403 g/mol. The molecular formula is C24H33FO6. The van der Waals surface area contributed by atoms with Crippen LogP contribution in [-0.4, -0.2) is 52.0 Å². The van der Waals surface area contributed by atoms with Crippen LogP contribution in [0.4, 0.5) is 4.39 Å². The van der Waals surface area contributed by atoms with Gasteiger partial charge in [0.15, 0.2) is 17.2 Å². The van der Waals surface area contributed by atoms with Crippen molar-refractivity contribution in [3.05, 3.63) is 11.4 Å². The quantitative estimate of drug-likeness (QED) is 0.692. The molecule has 5 aliphatic rings. The number of ketones is 2. The molecule has 5 rings (SSSR count). The van der Waals surface area contributed by atoms with Crippen molar-refractivity contribution in [1.82, 2.24) is 0 Å². The summed E-state index contributed by atoms with van der Waals surface area (Å²) in [6, 6.07) is 0. The molecule has 4 fully saturated rings. The van der Waals surface area contributed by atoms with Gasteiger partial charge in [-0.3, -0.25) is 9.59 Å². The Labute approximate surface area is 182 Å². The van der Waals surface area contributed by atoms with E-state index >= 15 is 4.39 Å². The molecule has 0 aromatic carbocycles. The number of fused-ring (bicyclic) bond motifs is 7. The van der Waals surface area contributed by atoms with Gasteiger partial charge in [0.2, 0.25) is 0 Å². The molecule has 0 aromatic rings. The van der Waals surface area contributed by atoms with Crippen molar-refractivity contribution in [1.29, 1.82) is 0 Å². The van der Waals surface area contributed by atoms with Gasteiger partial charge in [-0.2, -0.15) is 0 Å². The molecule has 3 saturated carbocycles. The Morgan fingerprint density at radius 2 is 1.97 bits per heavy atom. The van der Waals surface area contributed by atoms with Gasteiger partial charge in [-0.1, -0.05) is 13.8 Å². The minimum atomic E-state index is -1.36. The molecule has 1 saturated heterocycles. The molecule has 0 aromatic heterocycles. The number of aliphatic hydroxyl groups excluding tert-OH is 2. The fourth-order valence-corrected chi connectivity index (χ4v) is 8.39. The predicted octanol–water partition coefficient (Wildman–Crippen LogP) is 2.85.